The molecule has 9 aromatic carbocycles. The van der Waals surface area contributed by atoms with Crippen molar-refractivity contribution in [2.75, 3.05) is 10.6 Å². The van der Waals surface area contributed by atoms with Crippen molar-refractivity contribution in [2.24, 2.45) is 0 Å². The number of benzene rings is 9. The third-order valence-corrected chi connectivity index (χ3v) is 11.0. The predicted molar refractivity (Wildman–Crippen MR) is 242 cm³/mol. The van der Waals surface area contributed by atoms with Gasteiger partial charge in [-0.25, -0.2) is 0 Å². The molecule has 0 radical (unpaired) electrons. The maximum atomic E-state index is 5.92. The van der Waals surface area contributed by atoms with Crippen LogP contribution in [0.25, 0.3) is 72.0 Å². The van der Waals surface area contributed by atoms with Crippen molar-refractivity contribution >= 4 is 44.6 Å². The number of nitrogen functional groups attached to an aromatic ring is 1. The number of aromatic nitrogens is 1. The summed E-state index contributed by atoms with van der Waals surface area (Å²) in [6, 6.07) is 80.2. The lowest BCUT2D eigenvalue weighted by atomic mass is 9.99. The topological polar surface area (TPSA) is 34.2 Å². The molecule has 0 aliphatic heterocycles. The van der Waals surface area contributed by atoms with Gasteiger partial charge in [0.1, 0.15) is 0 Å². The zero-order valence-electron chi connectivity index (χ0n) is 31.3. The summed E-state index contributed by atoms with van der Waals surface area (Å²) in [5.74, 6) is 0. The molecule has 1 aromatic heterocycles. The van der Waals surface area contributed by atoms with Gasteiger partial charge in [0.2, 0.25) is 0 Å². The molecule has 57 heavy (non-hydrogen) atoms. The lowest BCUT2D eigenvalue weighted by Gasteiger charge is -2.26. The number of hydrogen-bond acceptors (Lipinski definition) is 2. The Hall–Kier alpha value is -7.62. The van der Waals surface area contributed by atoms with E-state index in [1.165, 1.54) is 60.8 Å². The average molecular weight is 730 g/mol. The molecule has 0 bridgehead atoms. The van der Waals surface area contributed by atoms with E-state index in [1.54, 1.807) is 0 Å². The summed E-state index contributed by atoms with van der Waals surface area (Å²) in [5, 5.41) is 2.53. The fourth-order valence-corrected chi connectivity index (χ4v) is 8.04. The lowest BCUT2D eigenvalue weighted by Crippen LogP contribution is -2.09. The molecular weight excluding hydrogens is 691 g/mol. The molecule has 0 aliphatic carbocycles. The van der Waals surface area contributed by atoms with E-state index in [0.717, 1.165) is 34.0 Å². The summed E-state index contributed by atoms with van der Waals surface area (Å²) in [4.78, 5) is 2.33. The minimum Gasteiger partial charge on any atom is -0.399 e. The molecule has 10 rings (SSSR count). The largest absolute Gasteiger partial charge is 0.399 e. The zero-order valence-corrected chi connectivity index (χ0v) is 31.3. The number of hydrogen-bond donors (Lipinski definition) is 1. The first-order valence-corrected chi connectivity index (χ1v) is 19.4. The SMILES string of the molecule is Nc1ccc(-c2ccc(-c3ccc(N(c4ccc(-c5ccccc5)cc4)c4ccc(-c5cccc(-n6c7ccccc7c7ccccc76)c5)cc4)cc3)cc2)cc1. The number of fused-ring (bicyclic) bond motifs is 3. The first-order valence-electron chi connectivity index (χ1n) is 19.4. The van der Waals surface area contributed by atoms with Gasteiger partial charge in [0.05, 0.1) is 11.0 Å². The minimum absolute atomic E-state index is 0.772. The number of anilines is 4. The Morgan fingerprint density at radius 3 is 1.12 bits per heavy atom. The van der Waals surface area contributed by atoms with Gasteiger partial charge in [-0.3, -0.25) is 0 Å². The Morgan fingerprint density at radius 1 is 0.298 bits per heavy atom. The van der Waals surface area contributed by atoms with Crippen molar-refractivity contribution in [1.29, 1.82) is 0 Å². The van der Waals surface area contributed by atoms with Crippen LogP contribution in [0.4, 0.5) is 22.7 Å². The molecule has 3 nitrogen and oxygen atoms in total. The molecule has 0 saturated carbocycles. The molecule has 0 atom stereocenters. The summed E-state index contributed by atoms with van der Waals surface area (Å²) in [7, 11) is 0. The van der Waals surface area contributed by atoms with E-state index in [-0.39, 0.29) is 0 Å². The van der Waals surface area contributed by atoms with E-state index in [9.17, 15) is 0 Å². The van der Waals surface area contributed by atoms with E-state index in [1.807, 2.05) is 12.1 Å². The number of rotatable bonds is 8. The number of nitrogens with zero attached hydrogens (tertiary/aromatic N) is 2. The van der Waals surface area contributed by atoms with Gasteiger partial charge in [0.15, 0.2) is 0 Å². The first-order chi connectivity index (χ1) is 28.2. The zero-order chi connectivity index (χ0) is 38.1. The smallest absolute Gasteiger partial charge is 0.0541 e. The van der Waals surface area contributed by atoms with Crippen molar-refractivity contribution < 1.29 is 0 Å². The van der Waals surface area contributed by atoms with Crippen LogP contribution in [0.5, 0.6) is 0 Å². The highest BCUT2D eigenvalue weighted by Gasteiger charge is 2.15. The van der Waals surface area contributed by atoms with Gasteiger partial charge in [-0.05, 0) is 117 Å². The van der Waals surface area contributed by atoms with Crippen LogP contribution in [0.3, 0.4) is 0 Å². The molecule has 0 fully saturated rings. The van der Waals surface area contributed by atoms with E-state index >= 15 is 0 Å². The molecule has 0 unspecified atom stereocenters. The molecule has 3 heteroatoms. The Bertz CT molecular complexity index is 2910. The molecule has 0 aliphatic rings. The van der Waals surface area contributed by atoms with Crippen LogP contribution < -0.4 is 10.6 Å². The van der Waals surface area contributed by atoms with Gasteiger partial charge >= 0.3 is 0 Å². The van der Waals surface area contributed by atoms with Crippen LogP contribution in [0, 0.1) is 0 Å². The average Bonchev–Trinajstić information content (AvgIpc) is 3.62. The van der Waals surface area contributed by atoms with Crippen molar-refractivity contribution in [1.82, 2.24) is 4.57 Å². The van der Waals surface area contributed by atoms with Gasteiger partial charge in [-0.15, -0.1) is 0 Å². The van der Waals surface area contributed by atoms with Crippen molar-refractivity contribution in [3.8, 4) is 50.2 Å². The quantitative estimate of drug-likeness (QED) is 0.158. The highest BCUT2D eigenvalue weighted by Crippen LogP contribution is 2.39. The second-order valence-corrected chi connectivity index (χ2v) is 14.5. The Morgan fingerprint density at radius 2 is 0.649 bits per heavy atom. The van der Waals surface area contributed by atoms with Crippen LogP contribution in [0.15, 0.2) is 224 Å². The fourth-order valence-electron chi connectivity index (χ4n) is 8.04. The van der Waals surface area contributed by atoms with Gasteiger partial charge in [-0.2, -0.15) is 0 Å². The van der Waals surface area contributed by atoms with E-state index < -0.39 is 0 Å². The summed E-state index contributed by atoms with van der Waals surface area (Å²) >= 11 is 0. The third-order valence-electron chi connectivity index (χ3n) is 11.0. The van der Waals surface area contributed by atoms with Crippen LogP contribution >= 0.6 is 0 Å². The van der Waals surface area contributed by atoms with Crippen molar-refractivity contribution in [2.45, 2.75) is 0 Å². The molecule has 0 spiro atoms. The minimum atomic E-state index is 0.772. The Labute approximate surface area is 333 Å². The Kier molecular flexibility index (Phi) is 8.66. The summed E-state index contributed by atoms with van der Waals surface area (Å²) < 4.78 is 2.38. The molecule has 0 saturated heterocycles. The third kappa shape index (κ3) is 6.52. The van der Waals surface area contributed by atoms with Crippen LogP contribution in [-0.4, -0.2) is 4.57 Å². The highest BCUT2D eigenvalue weighted by molar-refractivity contribution is 6.09. The number of nitrogens with two attached hydrogens (primary N) is 1. The second-order valence-electron chi connectivity index (χ2n) is 14.5. The molecule has 0 amide bonds. The van der Waals surface area contributed by atoms with E-state index in [0.29, 0.717) is 0 Å². The van der Waals surface area contributed by atoms with Crippen LogP contribution in [0.1, 0.15) is 0 Å². The predicted octanol–water partition coefficient (Wildman–Crippen LogP) is 14.5. The summed E-state index contributed by atoms with van der Waals surface area (Å²) in [5.41, 5.74) is 22.9. The molecule has 10 aromatic rings. The highest BCUT2D eigenvalue weighted by atomic mass is 15.1. The van der Waals surface area contributed by atoms with Gasteiger partial charge < -0.3 is 15.2 Å². The Balaban J connectivity index is 0.989. The van der Waals surface area contributed by atoms with E-state index in [2.05, 4.69) is 222 Å². The monoisotopic (exact) mass is 729 g/mol. The molecule has 2 N–H and O–H groups in total. The summed E-state index contributed by atoms with van der Waals surface area (Å²) in [6.45, 7) is 0. The second kappa shape index (κ2) is 14.6. The lowest BCUT2D eigenvalue weighted by molar-refractivity contribution is 1.18. The maximum Gasteiger partial charge on any atom is 0.0541 e. The fraction of sp³-hybridized carbons (Fsp3) is 0. The normalized spacial score (nSPS) is 11.2. The molecule has 1 heterocycles. The number of para-hydroxylation sites is 2. The summed E-state index contributed by atoms with van der Waals surface area (Å²) in [6.07, 6.45) is 0. The van der Waals surface area contributed by atoms with E-state index in [4.69, 9.17) is 5.73 Å². The van der Waals surface area contributed by atoms with Gasteiger partial charge in [0.25, 0.3) is 0 Å². The standard InChI is InChI=1S/C54H39N3/c55-46-29-21-41(22-30-46)39-17-19-40(20-18-39)43-25-33-48(34-26-43)56(47-31-23-42(24-32-47)38-9-2-1-3-10-38)49-35-27-44(28-36-49)45-11-8-12-50(37-45)57-53-15-6-4-13-51(53)52-14-5-7-16-54(52)57/h1-37H,55H2. The van der Waals surface area contributed by atoms with Crippen molar-refractivity contribution in [3.05, 3.63) is 224 Å². The van der Waals surface area contributed by atoms with Crippen LogP contribution in [0.2, 0.25) is 0 Å². The van der Waals surface area contributed by atoms with Gasteiger partial charge in [0, 0.05) is 39.2 Å². The molecule has 270 valence electrons. The van der Waals surface area contributed by atoms with Crippen molar-refractivity contribution in [3.63, 3.8) is 0 Å². The van der Waals surface area contributed by atoms with Crippen LogP contribution in [-0.2, 0) is 0 Å². The maximum absolute atomic E-state index is 5.92. The first kappa shape index (κ1) is 33.9. The molecular formula is C54H39N3. The van der Waals surface area contributed by atoms with Gasteiger partial charge in [-0.1, -0.05) is 152 Å².